The summed E-state index contributed by atoms with van der Waals surface area (Å²) in [5.41, 5.74) is 1.56. The van der Waals surface area contributed by atoms with Gasteiger partial charge in [-0.15, -0.1) is 11.3 Å². The zero-order valence-corrected chi connectivity index (χ0v) is 13.1. The number of rotatable bonds is 4. The van der Waals surface area contributed by atoms with Gasteiger partial charge in [0.15, 0.2) is 0 Å². The van der Waals surface area contributed by atoms with Crippen LogP contribution in [0.4, 0.5) is 0 Å². The Bertz CT molecular complexity index is 517. The molecule has 0 aromatic carbocycles. The molecule has 1 aliphatic carbocycles. The van der Waals surface area contributed by atoms with E-state index in [-0.39, 0.29) is 11.9 Å². The van der Waals surface area contributed by atoms with E-state index in [0.29, 0.717) is 18.8 Å². The van der Waals surface area contributed by atoms with E-state index in [1.54, 1.807) is 11.6 Å². The van der Waals surface area contributed by atoms with Crippen molar-refractivity contribution < 1.29 is 14.3 Å². The number of carbonyl (C=O) groups is 2. The fourth-order valence-corrected chi connectivity index (χ4v) is 3.10. The molecule has 1 aromatic heterocycles. The van der Waals surface area contributed by atoms with E-state index >= 15 is 0 Å². The second-order valence-electron chi connectivity index (χ2n) is 5.49. The van der Waals surface area contributed by atoms with Gasteiger partial charge in [0.25, 0.3) is 0 Å². The zero-order valence-electron chi connectivity index (χ0n) is 12.3. The van der Waals surface area contributed by atoms with Crippen molar-refractivity contribution in [1.82, 2.24) is 10.3 Å². The first-order valence-corrected chi connectivity index (χ1v) is 7.97. The molecular weight excluding hydrogens is 288 g/mol. The molecule has 2 rings (SSSR count). The number of hydrogen-bond donors (Lipinski definition) is 1. The first-order valence-electron chi connectivity index (χ1n) is 7.02. The molecule has 0 bridgehead atoms. The number of nitrogens with one attached hydrogen (secondary N) is 1. The van der Waals surface area contributed by atoms with Crippen LogP contribution in [0.3, 0.4) is 0 Å². The third-order valence-electron chi connectivity index (χ3n) is 3.92. The summed E-state index contributed by atoms with van der Waals surface area (Å²) in [6, 6.07) is 0. The smallest absolute Gasteiger partial charge is 0.331 e. The highest BCUT2D eigenvalue weighted by molar-refractivity contribution is 7.07. The van der Waals surface area contributed by atoms with Gasteiger partial charge in [-0.3, -0.25) is 4.79 Å². The minimum Gasteiger partial charge on any atom is -0.467 e. The number of nitrogens with zero attached hydrogens (tertiary/aromatic N) is 1. The summed E-state index contributed by atoms with van der Waals surface area (Å²) in [6.45, 7) is 2.16. The molecule has 1 heterocycles. The number of hydrogen-bond acceptors (Lipinski definition) is 5. The van der Waals surface area contributed by atoms with E-state index in [9.17, 15) is 9.59 Å². The molecule has 0 aliphatic heterocycles. The van der Waals surface area contributed by atoms with Crippen molar-refractivity contribution in [3.8, 4) is 0 Å². The molecule has 0 unspecified atom stereocenters. The van der Waals surface area contributed by atoms with E-state index in [2.05, 4.69) is 17.2 Å². The van der Waals surface area contributed by atoms with Gasteiger partial charge >= 0.3 is 5.97 Å². The Kier molecular flexibility index (Phi) is 5.12. The summed E-state index contributed by atoms with van der Waals surface area (Å²) in [6.07, 6.45) is 6.12. The fourth-order valence-electron chi connectivity index (χ4n) is 2.57. The number of esters is 1. The molecule has 0 saturated heterocycles. The first kappa shape index (κ1) is 15.7. The topological polar surface area (TPSA) is 68.3 Å². The lowest BCUT2D eigenvalue weighted by atomic mass is 9.77. The third-order valence-corrected chi connectivity index (χ3v) is 4.53. The molecule has 1 N–H and O–H groups in total. The van der Waals surface area contributed by atoms with Crippen LogP contribution in [0.5, 0.6) is 0 Å². The normalized spacial score (nSPS) is 25.7. The van der Waals surface area contributed by atoms with Gasteiger partial charge in [0, 0.05) is 11.5 Å². The highest BCUT2D eigenvalue weighted by Crippen LogP contribution is 2.32. The van der Waals surface area contributed by atoms with Crippen molar-refractivity contribution in [2.24, 2.45) is 5.92 Å². The second-order valence-corrected chi connectivity index (χ2v) is 6.21. The minimum absolute atomic E-state index is 0.289. The van der Waals surface area contributed by atoms with Gasteiger partial charge in [-0.1, -0.05) is 6.92 Å². The van der Waals surface area contributed by atoms with E-state index < -0.39 is 5.54 Å². The van der Waals surface area contributed by atoms with Crippen LogP contribution in [0.2, 0.25) is 0 Å². The van der Waals surface area contributed by atoms with Gasteiger partial charge < -0.3 is 10.1 Å². The van der Waals surface area contributed by atoms with Crippen LogP contribution < -0.4 is 5.32 Å². The summed E-state index contributed by atoms with van der Waals surface area (Å²) < 4.78 is 4.89. The second kappa shape index (κ2) is 6.85. The number of aromatic nitrogens is 1. The number of thiazole rings is 1. The largest absolute Gasteiger partial charge is 0.467 e. The van der Waals surface area contributed by atoms with Crippen molar-refractivity contribution in [2.75, 3.05) is 7.11 Å². The van der Waals surface area contributed by atoms with Gasteiger partial charge in [0.2, 0.25) is 5.91 Å². The van der Waals surface area contributed by atoms with Gasteiger partial charge in [-0.05, 0) is 37.7 Å². The number of carbonyl (C=O) groups excluding carboxylic acids is 2. The summed E-state index contributed by atoms with van der Waals surface area (Å²) in [5, 5.41) is 4.69. The molecule has 1 amide bonds. The summed E-state index contributed by atoms with van der Waals surface area (Å²) in [7, 11) is 1.36. The highest BCUT2D eigenvalue weighted by Gasteiger charge is 2.43. The maximum atomic E-state index is 12.1. The average molecular weight is 308 g/mol. The molecular formula is C15H20N2O3S. The molecule has 1 saturated carbocycles. The van der Waals surface area contributed by atoms with Gasteiger partial charge in [0.1, 0.15) is 5.54 Å². The van der Waals surface area contributed by atoms with Crippen LogP contribution in [0.15, 0.2) is 17.0 Å². The van der Waals surface area contributed by atoms with Crippen LogP contribution in [0.1, 0.15) is 38.3 Å². The standard InChI is InChI=1S/C15H20N2O3S/c1-11-5-7-15(8-6-11,14(19)20-2)17-13(18)4-3-12-9-21-10-16-12/h3-4,9-11H,5-8H2,1-2H3,(H,17,18). The lowest BCUT2D eigenvalue weighted by molar-refractivity contribution is -0.152. The molecule has 1 fully saturated rings. The summed E-state index contributed by atoms with van der Waals surface area (Å²) >= 11 is 1.47. The molecule has 1 aromatic rings. The Hall–Kier alpha value is -1.69. The van der Waals surface area contributed by atoms with E-state index in [4.69, 9.17) is 4.74 Å². The number of amides is 1. The predicted molar refractivity (Wildman–Crippen MR) is 81.7 cm³/mol. The Morgan fingerprint density at radius 3 is 2.76 bits per heavy atom. The van der Waals surface area contributed by atoms with Gasteiger partial charge in [-0.25, -0.2) is 9.78 Å². The zero-order chi connectivity index (χ0) is 15.3. The molecule has 0 atom stereocenters. The summed E-state index contributed by atoms with van der Waals surface area (Å²) in [4.78, 5) is 28.2. The monoisotopic (exact) mass is 308 g/mol. The number of ether oxygens (including phenoxy) is 1. The first-order chi connectivity index (χ1) is 10.1. The Morgan fingerprint density at radius 1 is 1.48 bits per heavy atom. The van der Waals surface area contributed by atoms with Crippen molar-refractivity contribution >= 4 is 29.3 Å². The van der Waals surface area contributed by atoms with Crippen LogP contribution in [0.25, 0.3) is 6.08 Å². The minimum atomic E-state index is -0.884. The molecule has 114 valence electrons. The van der Waals surface area contributed by atoms with E-state index in [1.165, 1.54) is 24.5 Å². The molecule has 0 spiro atoms. The Morgan fingerprint density at radius 2 is 2.19 bits per heavy atom. The lowest BCUT2D eigenvalue weighted by Crippen LogP contribution is -2.56. The van der Waals surface area contributed by atoms with Crippen LogP contribution in [-0.4, -0.2) is 29.5 Å². The Labute approximate surface area is 128 Å². The van der Waals surface area contributed by atoms with Gasteiger partial charge in [-0.2, -0.15) is 0 Å². The molecule has 21 heavy (non-hydrogen) atoms. The molecule has 6 heteroatoms. The average Bonchev–Trinajstić information content (AvgIpc) is 3.00. The number of methoxy groups -OCH3 is 1. The van der Waals surface area contributed by atoms with Crippen molar-refractivity contribution in [3.63, 3.8) is 0 Å². The van der Waals surface area contributed by atoms with Crippen molar-refractivity contribution in [2.45, 2.75) is 38.1 Å². The van der Waals surface area contributed by atoms with E-state index in [1.807, 2.05) is 5.38 Å². The maximum absolute atomic E-state index is 12.1. The van der Waals surface area contributed by atoms with Crippen molar-refractivity contribution in [1.29, 1.82) is 0 Å². The van der Waals surface area contributed by atoms with E-state index in [0.717, 1.165) is 18.5 Å². The van der Waals surface area contributed by atoms with Crippen molar-refractivity contribution in [3.05, 3.63) is 22.7 Å². The SMILES string of the molecule is COC(=O)C1(NC(=O)C=Cc2cscn2)CCC(C)CC1. The highest BCUT2D eigenvalue weighted by atomic mass is 32.1. The predicted octanol–water partition coefficient (Wildman–Crippen LogP) is 2.39. The fraction of sp³-hybridized carbons (Fsp3) is 0.533. The van der Waals surface area contributed by atoms with Crippen LogP contribution >= 0.6 is 11.3 Å². The molecule has 0 radical (unpaired) electrons. The summed E-state index contributed by atoms with van der Waals surface area (Å²) in [5.74, 6) is -0.0713. The molecule has 1 aliphatic rings. The maximum Gasteiger partial charge on any atom is 0.331 e. The van der Waals surface area contributed by atoms with Crippen LogP contribution in [-0.2, 0) is 14.3 Å². The third kappa shape index (κ3) is 3.91. The van der Waals surface area contributed by atoms with Gasteiger partial charge in [0.05, 0.1) is 18.3 Å². The Balaban J connectivity index is 2.05. The lowest BCUT2D eigenvalue weighted by Gasteiger charge is -2.37. The quantitative estimate of drug-likeness (QED) is 0.685. The molecule has 5 nitrogen and oxygen atoms in total. The van der Waals surface area contributed by atoms with Crippen LogP contribution in [0, 0.1) is 5.92 Å².